The van der Waals surface area contributed by atoms with E-state index in [0.29, 0.717) is 23.4 Å². The number of fused-ring (bicyclic) bond motifs is 1. The van der Waals surface area contributed by atoms with Gasteiger partial charge < -0.3 is 10.6 Å². The molecule has 6 nitrogen and oxygen atoms in total. The van der Waals surface area contributed by atoms with Crippen molar-refractivity contribution >= 4 is 11.8 Å². The smallest absolute Gasteiger partial charge is 0.255 e. The zero-order chi connectivity index (χ0) is 23.3. The van der Waals surface area contributed by atoms with Gasteiger partial charge in [0.2, 0.25) is 5.91 Å². The fraction of sp³-hybridized carbons (Fsp3) is 0.280. The van der Waals surface area contributed by atoms with Crippen molar-refractivity contribution in [1.29, 1.82) is 0 Å². The molecule has 1 aromatic heterocycles. The molecule has 2 amide bonds. The minimum atomic E-state index is -0.764. The van der Waals surface area contributed by atoms with Crippen molar-refractivity contribution in [2.45, 2.75) is 44.7 Å². The average Bonchev–Trinajstić information content (AvgIpc) is 3.26. The van der Waals surface area contributed by atoms with Gasteiger partial charge in [-0.05, 0) is 43.5 Å². The second-order valence-corrected chi connectivity index (χ2v) is 9.14. The van der Waals surface area contributed by atoms with E-state index in [-0.39, 0.29) is 47.6 Å². The van der Waals surface area contributed by atoms with Crippen LogP contribution in [0.3, 0.4) is 0 Å². The fourth-order valence-corrected chi connectivity index (χ4v) is 4.56. The van der Waals surface area contributed by atoms with Crippen LogP contribution in [0.4, 0.5) is 8.78 Å². The van der Waals surface area contributed by atoms with Crippen molar-refractivity contribution in [3.8, 4) is 11.4 Å². The predicted octanol–water partition coefficient (Wildman–Crippen LogP) is 3.64. The molecule has 1 fully saturated rings. The number of hydrogen-bond acceptors (Lipinski definition) is 4. The molecule has 0 spiro atoms. The molecular formula is C25H22F2N4O2. The van der Waals surface area contributed by atoms with Crippen molar-refractivity contribution in [2.75, 3.05) is 0 Å². The Hall–Kier alpha value is -3.68. The summed E-state index contributed by atoms with van der Waals surface area (Å²) in [6.45, 7) is 4.17. The largest absolute Gasteiger partial charge is 0.351 e. The highest BCUT2D eigenvalue weighted by Gasteiger charge is 2.38. The molecule has 2 N–H and O–H groups in total. The molecule has 3 heterocycles. The maximum atomic E-state index is 14.4. The maximum absolute atomic E-state index is 14.4. The number of benzene rings is 2. The molecule has 2 aliphatic heterocycles. The molecule has 0 saturated carbocycles. The van der Waals surface area contributed by atoms with E-state index in [0.717, 1.165) is 23.3 Å². The lowest BCUT2D eigenvalue weighted by Crippen LogP contribution is -2.34. The van der Waals surface area contributed by atoms with Crippen LogP contribution in [-0.2, 0) is 17.8 Å². The van der Waals surface area contributed by atoms with Gasteiger partial charge in [-0.3, -0.25) is 9.59 Å². The molecule has 3 aromatic rings. The molecule has 5 rings (SSSR count). The van der Waals surface area contributed by atoms with E-state index in [1.807, 2.05) is 38.1 Å². The Morgan fingerprint density at radius 3 is 2.33 bits per heavy atom. The van der Waals surface area contributed by atoms with E-state index >= 15 is 0 Å². The van der Waals surface area contributed by atoms with E-state index in [2.05, 4.69) is 20.6 Å². The van der Waals surface area contributed by atoms with Crippen molar-refractivity contribution in [3.05, 3.63) is 82.2 Å². The molecular weight excluding hydrogens is 426 g/mol. The molecule has 0 aliphatic carbocycles. The lowest BCUT2D eigenvalue weighted by atomic mass is 9.90. The number of hydrogen-bond donors (Lipinski definition) is 2. The van der Waals surface area contributed by atoms with Crippen molar-refractivity contribution in [1.82, 2.24) is 20.6 Å². The van der Waals surface area contributed by atoms with Gasteiger partial charge in [0.25, 0.3) is 5.91 Å². The lowest BCUT2D eigenvalue weighted by molar-refractivity contribution is -0.120. The van der Waals surface area contributed by atoms with Crippen molar-refractivity contribution < 1.29 is 18.4 Å². The second-order valence-electron chi connectivity index (χ2n) is 9.14. The van der Waals surface area contributed by atoms with Gasteiger partial charge in [0.15, 0.2) is 5.82 Å². The molecule has 168 valence electrons. The van der Waals surface area contributed by atoms with Crippen LogP contribution in [0.25, 0.3) is 11.4 Å². The minimum absolute atomic E-state index is 0.00889. The van der Waals surface area contributed by atoms with Gasteiger partial charge in [0.05, 0.1) is 35.0 Å². The first kappa shape index (κ1) is 21.2. The Morgan fingerprint density at radius 1 is 1.00 bits per heavy atom. The summed E-state index contributed by atoms with van der Waals surface area (Å²) in [5, 5.41) is 5.70. The van der Waals surface area contributed by atoms with Gasteiger partial charge in [-0.2, -0.15) is 0 Å². The number of nitrogens with one attached hydrogen (secondary N) is 2. The first-order chi connectivity index (χ1) is 15.7. The predicted molar refractivity (Wildman–Crippen MR) is 117 cm³/mol. The number of carbonyl (C=O) groups excluding carboxylic acids is 2. The highest BCUT2D eigenvalue weighted by molar-refractivity contribution is 5.99. The van der Waals surface area contributed by atoms with E-state index < -0.39 is 11.6 Å². The first-order valence-corrected chi connectivity index (χ1v) is 10.7. The van der Waals surface area contributed by atoms with Crippen LogP contribution in [0.15, 0.2) is 42.5 Å². The first-order valence-electron chi connectivity index (χ1n) is 10.7. The van der Waals surface area contributed by atoms with E-state index in [1.165, 1.54) is 6.07 Å². The second kappa shape index (κ2) is 7.72. The lowest BCUT2D eigenvalue weighted by Gasteiger charge is -2.16. The Labute approximate surface area is 189 Å². The number of nitrogens with zero attached hydrogens (tertiary/aromatic N) is 2. The Bertz CT molecular complexity index is 1270. The number of amides is 2. The molecule has 1 unspecified atom stereocenters. The van der Waals surface area contributed by atoms with E-state index in [4.69, 9.17) is 0 Å². The summed E-state index contributed by atoms with van der Waals surface area (Å²) in [4.78, 5) is 33.4. The molecule has 8 heteroatoms. The summed E-state index contributed by atoms with van der Waals surface area (Å²) >= 11 is 0. The third-order valence-electron chi connectivity index (χ3n) is 6.13. The summed E-state index contributed by atoms with van der Waals surface area (Å²) in [7, 11) is 0. The zero-order valence-electron chi connectivity index (χ0n) is 18.2. The van der Waals surface area contributed by atoms with E-state index in [1.54, 1.807) is 0 Å². The van der Waals surface area contributed by atoms with Gasteiger partial charge in [-0.15, -0.1) is 0 Å². The standard InChI is InChI=1S/C25H22F2N4O2/c1-25(2)11-15(23(32)31-25)14-8-6-13(7-9-14)10-18-21-19(12-28-24(21)33)30-22(29-18)20-16(26)4-3-5-17(20)27/h3-9,15H,10-12H2,1-2H3,(H,28,33)(H,31,32). The van der Waals surface area contributed by atoms with Crippen LogP contribution in [0.5, 0.6) is 0 Å². The number of rotatable bonds is 4. The van der Waals surface area contributed by atoms with Crippen LogP contribution in [0.2, 0.25) is 0 Å². The third kappa shape index (κ3) is 3.86. The molecule has 0 radical (unpaired) electrons. The number of halogens is 2. The van der Waals surface area contributed by atoms with Crippen LogP contribution < -0.4 is 10.6 Å². The van der Waals surface area contributed by atoms with Gasteiger partial charge in [-0.25, -0.2) is 18.7 Å². The molecule has 33 heavy (non-hydrogen) atoms. The van der Waals surface area contributed by atoms with Crippen molar-refractivity contribution in [3.63, 3.8) is 0 Å². The summed E-state index contributed by atoms with van der Waals surface area (Å²) in [5.41, 5.74) is 2.39. The van der Waals surface area contributed by atoms with Gasteiger partial charge in [0, 0.05) is 12.0 Å². The highest BCUT2D eigenvalue weighted by Crippen LogP contribution is 2.33. The zero-order valence-corrected chi connectivity index (χ0v) is 18.2. The van der Waals surface area contributed by atoms with Crippen molar-refractivity contribution in [2.24, 2.45) is 0 Å². The number of aromatic nitrogens is 2. The fourth-order valence-electron chi connectivity index (χ4n) is 4.56. The summed E-state index contributed by atoms with van der Waals surface area (Å²) < 4.78 is 28.7. The Morgan fingerprint density at radius 2 is 1.70 bits per heavy atom. The van der Waals surface area contributed by atoms with Gasteiger partial charge >= 0.3 is 0 Å². The quantitative estimate of drug-likeness (QED) is 0.638. The monoisotopic (exact) mass is 448 g/mol. The molecule has 1 atom stereocenters. The molecule has 2 aliphatic rings. The van der Waals surface area contributed by atoms with Crippen LogP contribution >= 0.6 is 0 Å². The Balaban J connectivity index is 1.49. The van der Waals surface area contributed by atoms with Gasteiger partial charge in [-0.1, -0.05) is 30.3 Å². The molecule has 2 aromatic carbocycles. The SMILES string of the molecule is CC1(C)CC(c2ccc(Cc3nc(-c4c(F)cccc4F)nc4c3C(=O)NC4)cc2)C(=O)N1. The minimum Gasteiger partial charge on any atom is -0.351 e. The maximum Gasteiger partial charge on any atom is 0.255 e. The average molecular weight is 448 g/mol. The van der Waals surface area contributed by atoms with Crippen LogP contribution in [-0.4, -0.2) is 27.3 Å². The van der Waals surface area contributed by atoms with Gasteiger partial charge in [0.1, 0.15) is 11.6 Å². The summed E-state index contributed by atoms with van der Waals surface area (Å²) in [6.07, 6.45) is 0.992. The Kier molecular flexibility index (Phi) is 4.96. The highest BCUT2D eigenvalue weighted by atomic mass is 19.1. The van der Waals surface area contributed by atoms with Crippen LogP contribution in [0.1, 0.15) is 59.1 Å². The molecule has 1 saturated heterocycles. The topological polar surface area (TPSA) is 84.0 Å². The van der Waals surface area contributed by atoms with E-state index in [9.17, 15) is 18.4 Å². The van der Waals surface area contributed by atoms with Crippen LogP contribution in [0, 0.1) is 11.6 Å². The summed E-state index contributed by atoms with van der Waals surface area (Å²) in [6, 6.07) is 11.2. The molecule has 0 bridgehead atoms. The summed E-state index contributed by atoms with van der Waals surface area (Å²) in [5.74, 6) is -2.12. The third-order valence-corrected chi connectivity index (χ3v) is 6.13. The number of carbonyl (C=O) groups is 2. The normalized spacial score (nSPS) is 18.7.